The zero-order valence-corrected chi connectivity index (χ0v) is 14.1. The molecule has 0 aliphatic rings. The number of aryl methyl sites for hydroxylation is 1. The summed E-state index contributed by atoms with van der Waals surface area (Å²) in [6, 6.07) is 10.1. The van der Waals surface area contributed by atoms with Gasteiger partial charge in [-0.2, -0.15) is 0 Å². The SMILES string of the molecule is CCc1ccc(C(=O)Nc2cccc3[nH]cnc23)cc1S(C)(=O)=O. The van der Waals surface area contributed by atoms with E-state index < -0.39 is 9.84 Å². The van der Waals surface area contributed by atoms with Crippen LogP contribution < -0.4 is 5.32 Å². The average Bonchev–Trinajstić information content (AvgIpc) is 3.03. The molecule has 0 radical (unpaired) electrons. The highest BCUT2D eigenvalue weighted by Crippen LogP contribution is 2.22. The third-order valence-corrected chi connectivity index (χ3v) is 4.99. The third-order valence-electron chi connectivity index (χ3n) is 3.81. The number of imidazole rings is 1. The van der Waals surface area contributed by atoms with Crippen molar-refractivity contribution in [1.82, 2.24) is 9.97 Å². The van der Waals surface area contributed by atoms with Gasteiger partial charge in [0.15, 0.2) is 9.84 Å². The summed E-state index contributed by atoms with van der Waals surface area (Å²) < 4.78 is 23.9. The van der Waals surface area contributed by atoms with Gasteiger partial charge in [-0.1, -0.05) is 19.1 Å². The molecule has 3 aromatic rings. The van der Waals surface area contributed by atoms with Gasteiger partial charge in [0.25, 0.3) is 5.91 Å². The molecule has 2 aromatic carbocycles. The zero-order chi connectivity index (χ0) is 17.3. The fourth-order valence-electron chi connectivity index (χ4n) is 2.59. The van der Waals surface area contributed by atoms with Crippen LogP contribution in [0.2, 0.25) is 0 Å². The number of aromatic amines is 1. The van der Waals surface area contributed by atoms with Crippen molar-refractivity contribution in [3.05, 3.63) is 53.9 Å². The van der Waals surface area contributed by atoms with E-state index in [1.807, 2.05) is 13.0 Å². The smallest absolute Gasteiger partial charge is 0.255 e. The van der Waals surface area contributed by atoms with Gasteiger partial charge in [-0.05, 0) is 36.2 Å². The van der Waals surface area contributed by atoms with Crippen molar-refractivity contribution in [3.63, 3.8) is 0 Å². The number of fused-ring (bicyclic) bond motifs is 1. The molecule has 3 rings (SSSR count). The van der Waals surface area contributed by atoms with Crippen LogP contribution in [0.3, 0.4) is 0 Å². The number of carbonyl (C=O) groups is 1. The molecule has 0 fully saturated rings. The highest BCUT2D eigenvalue weighted by atomic mass is 32.2. The normalized spacial score (nSPS) is 11.6. The molecule has 24 heavy (non-hydrogen) atoms. The lowest BCUT2D eigenvalue weighted by Gasteiger charge is -2.10. The van der Waals surface area contributed by atoms with Gasteiger partial charge in [-0.3, -0.25) is 4.79 Å². The van der Waals surface area contributed by atoms with Gasteiger partial charge in [-0.25, -0.2) is 13.4 Å². The summed E-state index contributed by atoms with van der Waals surface area (Å²) in [7, 11) is -3.40. The molecule has 1 heterocycles. The van der Waals surface area contributed by atoms with Crippen molar-refractivity contribution in [2.24, 2.45) is 0 Å². The van der Waals surface area contributed by atoms with Crippen LogP contribution in [0.15, 0.2) is 47.6 Å². The van der Waals surface area contributed by atoms with Crippen molar-refractivity contribution in [1.29, 1.82) is 0 Å². The molecule has 1 aromatic heterocycles. The Morgan fingerprint density at radius 2 is 2.04 bits per heavy atom. The second-order valence-electron chi connectivity index (χ2n) is 5.51. The maximum atomic E-state index is 12.5. The van der Waals surface area contributed by atoms with Crippen LogP contribution in [-0.4, -0.2) is 30.5 Å². The summed E-state index contributed by atoms with van der Waals surface area (Å²) in [5.74, 6) is -0.377. The van der Waals surface area contributed by atoms with Crippen molar-refractivity contribution < 1.29 is 13.2 Å². The molecule has 1 amide bonds. The molecular formula is C17H17N3O3S. The minimum absolute atomic E-state index is 0.190. The Morgan fingerprint density at radius 1 is 1.25 bits per heavy atom. The first-order chi connectivity index (χ1) is 11.4. The van der Waals surface area contributed by atoms with E-state index in [0.29, 0.717) is 28.8 Å². The molecule has 6 nitrogen and oxygen atoms in total. The molecule has 0 atom stereocenters. The van der Waals surface area contributed by atoms with Crippen LogP contribution in [-0.2, 0) is 16.3 Å². The predicted molar refractivity (Wildman–Crippen MR) is 93.0 cm³/mol. The molecule has 2 N–H and O–H groups in total. The van der Waals surface area contributed by atoms with Crippen LogP contribution >= 0.6 is 0 Å². The highest BCUT2D eigenvalue weighted by Gasteiger charge is 2.16. The Bertz CT molecular complexity index is 1020. The Labute approximate surface area is 139 Å². The molecule has 124 valence electrons. The van der Waals surface area contributed by atoms with Crippen molar-refractivity contribution in [3.8, 4) is 0 Å². The Balaban J connectivity index is 1.97. The number of hydrogen-bond acceptors (Lipinski definition) is 4. The van der Waals surface area contributed by atoms with Crippen molar-refractivity contribution in [2.75, 3.05) is 11.6 Å². The van der Waals surface area contributed by atoms with Gasteiger partial charge < -0.3 is 10.3 Å². The van der Waals surface area contributed by atoms with Crippen LogP contribution in [0.5, 0.6) is 0 Å². The van der Waals surface area contributed by atoms with E-state index in [1.54, 1.807) is 30.6 Å². The van der Waals surface area contributed by atoms with Crippen LogP contribution in [0.4, 0.5) is 5.69 Å². The first-order valence-corrected chi connectivity index (χ1v) is 9.35. The van der Waals surface area contributed by atoms with E-state index in [0.717, 1.165) is 11.8 Å². The number of hydrogen-bond donors (Lipinski definition) is 2. The number of aromatic nitrogens is 2. The summed E-state index contributed by atoms with van der Waals surface area (Å²) in [5, 5.41) is 2.79. The van der Waals surface area contributed by atoms with E-state index in [1.165, 1.54) is 6.07 Å². The molecule has 0 aliphatic heterocycles. The molecule has 0 unspecified atom stereocenters. The molecule has 0 spiro atoms. The number of rotatable bonds is 4. The summed E-state index contributed by atoms with van der Waals surface area (Å²) in [5.41, 5.74) is 3.02. The number of anilines is 1. The molecular weight excluding hydrogens is 326 g/mol. The number of para-hydroxylation sites is 1. The van der Waals surface area contributed by atoms with Crippen molar-refractivity contribution in [2.45, 2.75) is 18.2 Å². The van der Waals surface area contributed by atoms with Gasteiger partial charge in [0.2, 0.25) is 0 Å². The van der Waals surface area contributed by atoms with Crippen LogP contribution in [0.1, 0.15) is 22.8 Å². The first-order valence-electron chi connectivity index (χ1n) is 7.46. The standard InChI is InChI=1S/C17H17N3O3S/c1-3-11-7-8-12(9-15(11)24(2,22)23)17(21)20-14-6-4-5-13-16(14)19-10-18-13/h4-10H,3H2,1-2H3,(H,18,19)(H,20,21). The van der Waals surface area contributed by atoms with Crippen LogP contribution in [0, 0.1) is 0 Å². The van der Waals surface area contributed by atoms with Gasteiger partial charge in [0.05, 0.1) is 22.4 Å². The fourth-order valence-corrected chi connectivity index (χ4v) is 3.62. The lowest BCUT2D eigenvalue weighted by Crippen LogP contribution is -2.14. The topological polar surface area (TPSA) is 91.9 Å². The monoisotopic (exact) mass is 343 g/mol. The summed E-state index contributed by atoms with van der Waals surface area (Å²) in [6.45, 7) is 1.88. The molecule has 0 saturated carbocycles. The number of nitrogens with zero attached hydrogens (tertiary/aromatic N) is 1. The third kappa shape index (κ3) is 3.03. The number of sulfone groups is 1. The summed E-state index contributed by atoms with van der Waals surface area (Å²) >= 11 is 0. The minimum Gasteiger partial charge on any atom is -0.345 e. The Hall–Kier alpha value is -2.67. The van der Waals surface area contributed by atoms with Crippen LogP contribution in [0.25, 0.3) is 11.0 Å². The average molecular weight is 343 g/mol. The zero-order valence-electron chi connectivity index (χ0n) is 13.3. The maximum Gasteiger partial charge on any atom is 0.255 e. The Morgan fingerprint density at radius 3 is 2.75 bits per heavy atom. The van der Waals surface area contributed by atoms with Gasteiger partial charge in [-0.15, -0.1) is 0 Å². The lowest BCUT2D eigenvalue weighted by atomic mass is 10.1. The van der Waals surface area contributed by atoms with E-state index in [4.69, 9.17) is 0 Å². The number of amides is 1. The van der Waals surface area contributed by atoms with E-state index in [9.17, 15) is 13.2 Å². The fraction of sp³-hybridized carbons (Fsp3) is 0.176. The second kappa shape index (κ2) is 6.09. The number of nitrogens with one attached hydrogen (secondary N) is 2. The number of benzene rings is 2. The molecule has 0 bridgehead atoms. The minimum atomic E-state index is -3.40. The van der Waals surface area contributed by atoms with Crippen molar-refractivity contribution >= 4 is 32.5 Å². The lowest BCUT2D eigenvalue weighted by molar-refractivity contribution is 0.102. The number of H-pyrrole nitrogens is 1. The molecule has 0 aliphatic carbocycles. The van der Waals surface area contributed by atoms with Gasteiger partial charge in [0, 0.05) is 11.8 Å². The Kier molecular flexibility index (Phi) is 4.11. The van der Waals surface area contributed by atoms with E-state index in [-0.39, 0.29) is 10.8 Å². The maximum absolute atomic E-state index is 12.5. The summed E-state index contributed by atoms with van der Waals surface area (Å²) in [4.78, 5) is 19.9. The molecule has 7 heteroatoms. The quantitative estimate of drug-likeness (QED) is 0.762. The second-order valence-corrected chi connectivity index (χ2v) is 7.49. The predicted octanol–water partition coefficient (Wildman–Crippen LogP) is 2.78. The number of carbonyl (C=O) groups excluding carboxylic acids is 1. The van der Waals surface area contributed by atoms with Gasteiger partial charge in [0.1, 0.15) is 5.52 Å². The molecule has 0 saturated heterocycles. The largest absolute Gasteiger partial charge is 0.345 e. The van der Waals surface area contributed by atoms with E-state index >= 15 is 0 Å². The highest BCUT2D eigenvalue weighted by molar-refractivity contribution is 7.90. The first kappa shape index (κ1) is 16.2. The van der Waals surface area contributed by atoms with Gasteiger partial charge >= 0.3 is 0 Å². The summed E-state index contributed by atoms with van der Waals surface area (Å²) in [6.07, 6.45) is 3.28. The van der Waals surface area contributed by atoms with E-state index in [2.05, 4.69) is 15.3 Å².